The van der Waals surface area contributed by atoms with Gasteiger partial charge in [-0.05, 0) is 18.5 Å². The Kier molecular flexibility index (Phi) is 2.62. The van der Waals surface area contributed by atoms with Crippen LogP contribution in [-0.4, -0.2) is 21.6 Å². The van der Waals surface area contributed by atoms with E-state index in [4.69, 9.17) is 0 Å². The molecule has 0 aliphatic rings. The lowest BCUT2D eigenvalue weighted by molar-refractivity contribution is 0.795. The third-order valence-electron chi connectivity index (χ3n) is 2.52. The van der Waals surface area contributed by atoms with Crippen molar-refractivity contribution in [2.24, 2.45) is 0 Å². The smallest absolute Gasteiger partial charge is 0.155 e. The fourth-order valence-corrected chi connectivity index (χ4v) is 2.44. The molecule has 3 aromatic heterocycles. The molecule has 3 aromatic rings. The lowest BCUT2D eigenvalue weighted by Crippen LogP contribution is -2.06. The molecule has 1 N–H and O–H groups in total. The van der Waals surface area contributed by atoms with E-state index in [2.05, 4.69) is 26.8 Å². The SMILES string of the molecule is CNCc1cnc2cc(-c3cccs3)nn2c1. The van der Waals surface area contributed by atoms with E-state index >= 15 is 0 Å². The minimum atomic E-state index is 0.803. The van der Waals surface area contributed by atoms with Gasteiger partial charge in [0.15, 0.2) is 5.65 Å². The molecule has 4 nitrogen and oxygen atoms in total. The van der Waals surface area contributed by atoms with E-state index in [9.17, 15) is 0 Å². The molecule has 0 bridgehead atoms. The molecule has 3 rings (SSSR count). The summed E-state index contributed by atoms with van der Waals surface area (Å²) in [6, 6.07) is 6.11. The average molecular weight is 244 g/mol. The van der Waals surface area contributed by atoms with Crippen molar-refractivity contribution < 1.29 is 0 Å². The van der Waals surface area contributed by atoms with Gasteiger partial charge < -0.3 is 5.32 Å². The molecule has 17 heavy (non-hydrogen) atoms. The molecule has 3 heterocycles. The van der Waals surface area contributed by atoms with Crippen LogP contribution in [0.15, 0.2) is 36.0 Å². The molecule has 0 atom stereocenters. The van der Waals surface area contributed by atoms with Crippen LogP contribution in [0.2, 0.25) is 0 Å². The van der Waals surface area contributed by atoms with Crippen molar-refractivity contribution in [3.63, 3.8) is 0 Å². The summed E-state index contributed by atoms with van der Waals surface area (Å²) >= 11 is 1.69. The first-order chi connectivity index (χ1) is 8.36. The van der Waals surface area contributed by atoms with Crippen LogP contribution in [0.1, 0.15) is 5.56 Å². The molecule has 0 saturated carbocycles. The standard InChI is InChI=1S/C12H12N4S/c1-13-6-9-7-14-12-5-10(15-16(12)8-9)11-3-2-4-17-11/h2-5,7-8,13H,6H2,1H3. The van der Waals surface area contributed by atoms with Crippen LogP contribution in [0.4, 0.5) is 0 Å². The Hall–Kier alpha value is -1.72. The minimum Gasteiger partial charge on any atom is -0.316 e. The second kappa shape index (κ2) is 4.27. The molecule has 0 fully saturated rings. The number of rotatable bonds is 3. The van der Waals surface area contributed by atoms with E-state index in [-0.39, 0.29) is 0 Å². The van der Waals surface area contributed by atoms with E-state index in [1.165, 1.54) is 4.88 Å². The van der Waals surface area contributed by atoms with Gasteiger partial charge in [-0.3, -0.25) is 0 Å². The van der Waals surface area contributed by atoms with Crippen LogP contribution in [0.5, 0.6) is 0 Å². The van der Waals surface area contributed by atoms with Crippen LogP contribution >= 0.6 is 11.3 Å². The van der Waals surface area contributed by atoms with Crippen LogP contribution in [0, 0.1) is 0 Å². The maximum absolute atomic E-state index is 4.53. The molecule has 0 unspecified atom stereocenters. The van der Waals surface area contributed by atoms with Crippen molar-refractivity contribution in [1.82, 2.24) is 19.9 Å². The first-order valence-corrected chi connectivity index (χ1v) is 6.27. The quantitative estimate of drug-likeness (QED) is 0.768. The third kappa shape index (κ3) is 1.94. The van der Waals surface area contributed by atoms with Crippen molar-refractivity contribution in [2.75, 3.05) is 7.05 Å². The van der Waals surface area contributed by atoms with Gasteiger partial charge in [0.1, 0.15) is 5.69 Å². The van der Waals surface area contributed by atoms with Gasteiger partial charge in [0.05, 0.1) is 4.88 Å². The molecule has 0 saturated heterocycles. The van der Waals surface area contributed by atoms with Gasteiger partial charge >= 0.3 is 0 Å². The number of thiophene rings is 1. The van der Waals surface area contributed by atoms with Gasteiger partial charge in [-0.2, -0.15) is 5.10 Å². The molecule has 0 aliphatic heterocycles. The first kappa shape index (κ1) is 10.4. The zero-order chi connectivity index (χ0) is 11.7. The highest BCUT2D eigenvalue weighted by Gasteiger charge is 2.06. The summed E-state index contributed by atoms with van der Waals surface area (Å²) in [5.41, 5.74) is 2.99. The summed E-state index contributed by atoms with van der Waals surface area (Å²) in [4.78, 5) is 5.57. The predicted molar refractivity (Wildman–Crippen MR) is 69.1 cm³/mol. The fraction of sp³-hybridized carbons (Fsp3) is 0.167. The summed E-state index contributed by atoms with van der Waals surface area (Å²) in [6.45, 7) is 0.803. The number of hydrogen-bond acceptors (Lipinski definition) is 4. The van der Waals surface area contributed by atoms with Crippen molar-refractivity contribution >= 4 is 17.0 Å². The molecular weight excluding hydrogens is 232 g/mol. The highest BCUT2D eigenvalue weighted by atomic mass is 32.1. The minimum absolute atomic E-state index is 0.803. The number of aromatic nitrogens is 3. The van der Waals surface area contributed by atoms with Crippen LogP contribution in [0.25, 0.3) is 16.2 Å². The molecule has 0 spiro atoms. The molecule has 0 aromatic carbocycles. The van der Waals surface area contributed by atoms with Crippen molar-refractivity contribution in [3.8, 4) is 10.6 Å². The number of nitrogens with zero attached hydrogens (tertiary/aromatic N) is 3. The Morgan fingerprint density at radius 3 is 3.18 bits per heavy atom. The second-order valence-corrected chi connectivity index (χ2v) is 4.75. The zero-order valence-corrected chi connectivity index (χ0v) is 10.2. The number of hydrogen-bond donors (Lipinski definition) is 1. The van der Waals surface area contributed by atoms with Crippen molar-refractivity contribution in [1.29, 1.82) is 0 Å². The Morgan fingerprint density at radius 1 is 1.47 bits per heavy atom. The zero-order valence-electron chi connectivity index (χ0n) is 9.42. The summed E-state index contributed by atoms with van der Waals surface area (Å²) in [7, 11) is 1.92. The third-order valence-corrected chi connectivity index (χ3v) is 3.41. The molecule has 5 heteroatoms. The van der Waals surface area contributed by atoms with Crippen LogP contribution in [0.3, 0.4) is 0 Å². The summed E-state index contributed by atoms with van der Waals surface area (Å²) in [5, 5.41) is 9.69. The molecule has 0 amide bonds. The Morgan fingerprint density at radius 2 is 2.41 bits per heavy atom. The number of nitrogens with one attached hydrogen (secondary N) is 1. The lowest BCUT2D eigenvalue weighted by atomic mass is 10.3. The maximum Gasteiger partial charge on any atom is 0.155 e. The highest BCUT2D eigenvalue weighted by molar-refractivity contribution is 7.13. The topological polar surface area (TPSA) is 42.2 Å². The van der Waals surface area contributed by atoms with E-state index in [0.29, 0.717) is 0 Å². The lowest BCUT2D eigenvalue weighted by Gasteiger charge is -1.99. The van der Waals surface area contributed by atoms with E-state index in [1.54, 1.807) is 11.3 Å². The van der Waals surface area contributed by atoms with Gasteiger partial charge in [-0.15, -0.1) is 11.3 Å². The largest absolute Gasteiger partial charge is 0.316 e. The molecule has 0 radical (unpaired) electrons. The van der Waals surface area contributed by atoms with Gasteiger partial charge in [0, 0.05) is 30.6 Å². The number of fused-ring (bicyclic) bond motifs is 1. The van der Waals surface area contributed by atoms with E-state index < -0.39 is 0 Å². The molecule has 0 aliphatic carbocycles. The van der Waals surface area contributed by atoms with Gasteiger partial charge in [-0.1, -0.05) is 6.07 Å². The first-order valence-electron chi connectivity index (χ1n) is 5.39. The molecule has 86 valence electrons. The Bertz CT molecular complexity index is 627. The van der Waals surface area contributed by atoms with E-state index in [1.807, 2.05) is 36.1 Å². The van der Waals surface area contributed by atoms with Gasteiger partial charge in [-0.25, -0.2) is 9.50 Å². The monoisotopic (exact) mass is 244 g/mol. The highest BCUT2D eigenvalue weighted by Crippen LogP contribution is 2.23. The van der Waals surface area contributed by atoms with Crippen molar-refractivity contribution in [2.45, 2.75) is 6.54 Å². The van der Waals surface area contributed by atoms with Crippen LogP contribution in [-0.2, 0) is 6.54 Å². The van der Waals surface area contributed by atoms with E-state index in [0.717, 1.165) is 23.4 Å². The van der Waals surface area contributed by atoms with Crippen LogP contribution < -0.4 is 5.32 Å². The predicted octanol–water partition coefficient (Wildman–Crippen LogP) is 2.18. The Labute approximate surface area is 103 Å². The summed E-state index contributed by atoms with van der Waals surface area (Å²) in [5.74, 6) is 0. The fourth-order valence-electron chi connectivity index (χ4n) is 1.76. The van der Waals surface area contributed by atoms with Crippen molar-refractivity contribution in [3.05, 3.63) is 41.5 Å². The summed E-state index contributed by atoms with van der Waals surface area (Å²) < 4.78 is 1.84. The normalized spacial score (nSPS) is 11.1. The summed E-state index contributed by atoms with van der Waals surface area (Å²) in [6.07, 6.45) is 3.89. The van der Waals surface area contributed by atoms with Gasteiger partial charge in [0.25, 0.3) is 0 Å². The van der Waals surface area contributed by atoms with Gasteiger partial charge in [0.2, 0.25) is 0 Å². The molecular formula is C12H12N4S. The Balaban J connectivity index is 2.07. The second-order valence-electron chi connectivity index (χ2n) is 3.80. The average Bonchev–Trinajstić information content (AvgIpc) is 2.97. The maximum atomic E-state index is 4.53.